The SMILES string of the molecule is CC1CCCC(C#N)(NS(=O)(=O)Cc2ccccc2F)C1. The molecule has 114 valence electrons. The number of rotatable bonds is 4. The maximum Gasteiger partial charge on any atom is 0.217 e. The number of benzene rings is 1. The highest BCUT2D eigenvalue weighted by atomic mass is 32.2. The summed E-state index contributed by atoms with van der Waals surface area (Å²) in [6.45, 7) is 2.01. The van der Waals surface area contributed by atoms with Gasteiger partial charge < -0.3 is 0 Å². The van der Waals surface area contributed by atoms with Gasteiger partial charge in [0.2, 0.25) is 10.0 Å². The van der Waals surface area contributed by atoms with Gasteiger partial charge in [-0.2, -0.15) is 9.98 Å². The van der Waals surface area contributed by atoms with Crippen molar-refractivity contribution in [2.45, 2.75) is 43.9 Å². The molecule has 1 N–H and O–H groups in total. The summed E-state index contributed by atoms with van der Waals surface area (Å²) >= 11 is 0. The lowest BCUT2D eigenvalue weighted by Crippen LogP contribution is -2.50. The summed E-state index contributed by atoms with van der Waals surface area (Å²) in [6.07, 6.45) is 2.82. The van der Waals surface area contributed by atoms with Gasteiger partial charge >= 0.3 is 0 Å². The van der Waals surface area contributed by atoms with Crippen molar-refractivity contribution in [3.05, 3.63) is 35.6 Å². The Labute approximate surface area is 125 Å². The van der Waals surface area contributed by atoms with Gasteiger partial charge in [-0.25, -0.2) is 12.8 Å². The van der Waals surface area contributed by atoms with Crippen molar-refractivity contribution >= 4 is 10.0 Å². The third-order valence-electron chi connectivity index (χ3n) is 3.87. The van der Waals surface area contributed by atoms with E-state index in [4.69, 9.17) is 0 Å². The summed E-state index contributed by atoms with van der Waals surface area (Å²) < 4.78 is 40.6. The Balaban J connectivity index is 2.17. The normalized spacial score (nSPS) is 26.2. The van der Waals surface area contributed by atoms with Crippen molar-refractivity contribution in [2.24, 2.45) is 5.92 Å². The van der Waals surface area contributed by atoms with Gasteiger partial charge in [-0.3, -0.25) is 0 Å². The minimum Gasteiger partial charge on any atom is -0.212 e. The third-order valence-corrected chi connectivity index (χ3v) is 5.26. The topological polar surface area (TPSA) is 70.0 Å². The van der Waals surface area contributed by atoms with Gasteiger partial charge in [0, 0.05) is 5.56 Å². The Bertz CT molecular complexity index is 654. The van der Waals surface area contributed by atoms with Gasteiger partial charge in [0.05, 0.1) is 11.8 Å². The van der Waals surface area contributed by atoms with Crippen LogP contribution in [0.3, 0.4) is 0 Å². The molecule has 0 heterocycles. The van der Waals surface area contributed by atoms with Crippen LogP contribution in [0.5, 0.6) is 0 Å². The minimum atomic E-state index is -3.76. The van der Waals surface area contributed by atoms with Crippen LogP contribution in [-0.2, 0) is 15.8 Å². The van der Waals surface area contributed by atoms with E-state index in [0.717, 1.165) is 12.8 Å². The molecular formula is C15H19FN2O2S. The lowest BCUT2D eigenvalue weighted by Gasteiger charge is -2.34. The zero-order valence-electron chi connectivity index (χ0n) is 12.0. The summed E-state index contributed by atoms with van der Waals surface area (Å²) in [5, 5.41) is 9.39. The van der Waals surface area contributed by atoms with Crippen LogP contribution in [0.15, 0.2) is 24.3 Å². The third kappa shape index (κ3) is 4.02. The first kappa shape index (κ1) is 15.9. The average molecular weight is 310 g/mol. The van der Waals surface area contributed by atoms with E-state index in [1.54, 1.807) is 6.07 Å². The number of hydrogen-bond donors (Lipinski definition) is 1. The first-order valence-electron chi connectivity index (χ1n) is 7.02. The fourth-order valence-corrected chi connectivity index (χ4v) is 4.46. The van der Waals surface area contributed by atoms with Gasteiger partial charge in [-0.1, -0.05) is 38.0 Å². The van der Waals surface area contributed by atoms with Crippen molar-refractivity contribution in [2.75, 3.05) is 0 Å². The monoisotopic (exact) mass is 310 g/mol. The van der Waals surface area contributed by atoms with Gasteiger partial charge in [-0.15, -0.1) is 0 Å². The number of nitriles is 1. The molecule has 0 bridgehead atoms. The lowest BCUT2D eigenvalue weighted by molar-refractivity contribution is 0.270. The summed E-state index contributed by atoms with van der Waals surface area (Å²) in [6, 6.07) is 7.90. The zero-order valence-corrected chi connectivity index (χ0v) is 12.8. The van der Waals surface area contributed by atoms with Crippen LogP contribution in [0.2, 0.25) is 0 Å². The second-order valence-electron chi connectivity index (χ2n) is 5.85. The summed E-state index contributed by atoms with van der Waals surface area (Å²) in [5.74, 6) is -0.697. The van der Waals surface area contributed by atoms with Crippen LogP contribution in [0, 0.1) is 23.1 Å². The van der Waals surface area contributed by atoms with Crippen LogP contribution < -0.4 is 4.72 Å². The lowest BCUT2D eigenvalue weighted by atomic mass is 9.78. The highest BCUT2D eigenvalue weighted by Crippen LogP contribution is 2.32. The first-order valence-corrected chi connectivity index (χ1v) is 8.67. The Morgan fingerprint density at radius 2 is 2.19 bits per heavy atom. The molecule has 4 nitrogen and oxygen atoms in total. The number of hydrogen-bond acceptors (Lipinski definition) is 3. The standard InChI is InChI=1S/C15H19FN2O2S/c1-12-5-4-8-15(9-12,11-17)18-21(19,20)10-13-6-2-3-7-14(13)16/h2-3,6-7,12,18H,4-5,8-10H2,1H3. The maximum atomic E-state index is 13.6. The van der Waals surface area contributed by atoms with E-state index < -0.39 is 27.1 Å². The highest BCUT2D eigenvalue weighted by molar-refractivity contribution is 7.88. The van der Waals surface area contributed by atoms with Crippen molar-refractivity contribution in [3.63, 3.8) is 0 Å². The molecule has 1 aliphatic rings. The molecule has 1 aromatic carbocycles. The van der Waals surface area contributed by atoms with Crippen molar-refractivity contribution in [1.82, 2.24) is 4.72 Å². The maximum absolute atomic E-state index is 13.6. The van der Waals surface area contributed by atoms with Crippen molar-refractivity contribution in [3.8, 4) is 6.07 Å². The second-order valence-corrected chi connectivity index (χ2v) is 7.57. The molecule has 6 heteroatoms. The molecule has 2 unspecified atom stereocenters. The van der Waals surface area contributed by atoms with E-state index in [2.05, 4.69) is 10.8 Å². The van der Waals surface area contributed by atoms with Gasteiger partial charge in [-0.05, 0) is 24.8 Å². The molecule has 21 heavy (non-hydrogen) atoms. The zero-order chi connectivity index (χ0) is 15.5. The summed E-state index contributed by atoms with van der Waals surface area (Å²) in [5.41, 5.74) is -0.941. The van der Waals surface area contributed by atoms with Crippen LogP contribution >= 0.6 is 0 Å². The van der Waals surface area contributed by atoms with Crippen LogP contribution in [0.25, 0.3) is 0 Å². The Kier molecular flexibility index (Phi) is 4.64. The molecule has 0 aromatic heterocycles. The van der Waals surface area contributed by atoms with Crippen LogP contribution in [-0.4, -0.2) is 14.0 Å². The predicted octanol–water partition coefficient (Wildman–Crippen LogP) is 2.72. The molecule has 2 rings (SSSR count). The smallest absolute Gasteiger partial charge is 0.212 e. The largest absolute Gasteiger partial charge is 0.217 e. The molecule has 0 amide bonds. The second kappa shape index (κ2) is 6.12. The van der Waals surface area contributed by atoms with Crippen LogP contribution in [0.1, 0.15) is 38.2 Å². The molecule has 1 fully saturated rings. The van der Waals surface area contributed by atoms with E-state index in [0.29, 0.717) is 18.8 Å². The van der Waals surface area contributed by atoms with Gasteiger partial charge in [0.25, 0.3) is 0 Å². The van der Waals surface area contributed by atoms with E-state index >= 15 is 0 Å². The molecule has 0 saturated heterocycles. The number of nitrogens with one attached hydrogen (secondary N) is 1. The molecule has 0 radical (unpaired) electrons. The average Bonchev–Trinajstić information content (AvgIpc) is 2.40. The highest BCUT2D eigenvalue weighted by Gasteiger charge is 2.38. The van der Waals surface area contributed by atoms with E-state index in [1.807, 2.05) is 6.92 Å². The molecule has 0 aliphatic heterocycles. The van der Waals surface area contributed by atoms with Gasteiger partial charge in [0.15, 0.2) is 0 Å². The molecular weight excluding hydrogens is 291 g/mol. The number of nitrogens with zero attached hydrogens (tertiary/aromatic N) is 1. The number of sulfonamides is 1. The Morgan fingerprint density at radius 1 is 1.48 bits per heavy atom. The molecule has 0 spiro atoms. The molecule has 1 aliphatic carbocycles. The quantitative estimate of drug-likeness (QED) is 0.929. The molecule has 1 aromatic rings. The summed E-state index contributed by atoms with van der Waals surface area (Å²) in [4.78, 5) is 0. The van der Waals surface area contributed by atoms with Crippen LogP contribution in [0.4, 0.5) is 4.39 Å². The fraction of sp³-hybridized carbons (Fsp3) is 0.533. The predicted molar refractivity (Wildman–Crippen MR) is 78.1 cm³/mol. The fourth-order valence-electron chi connectivity index (χ4n) is 2.92. The van der Waals surface area contributed by atoms with Gasteiger partial charge in [0.1, 0.15) is 11.4 Å². The Hall–Kier alpha value is -1.45. The van der Waals surface area contributed by atoms with E-state index in [9.17, 15) is 18.1 Å². The Morgan fingerprint density at radius 3 is 2.81 bits per heavy atom. The molecule has 2 atom stereocenters. The van der Waals surface area contributed by atoms with Crippen molar-refractivity contribution in [1.29, 1.82) is 5.26 Å². The van der Waals surface area contributed by atoms with Crippen molar-refractivity contribution < 1.29 is 12.8 Å². The van der Waals surface area contributed by atoms with E-state index in [-0.39, 0.29) is 5.56 Å². The van der Waals surface area contributed by atoms with E-state index in [1.165, 1.54) is 18.2 Å². The number of halogens is 1. The summed E-state index contributed by atoms with van der Waals surface area (Å²) in [7, 11) is -3.76. The molecule has 1 saturated carbocycles. The first-order chi connectivity index (χ1) is 9.86. The minimum absolute atomic E-state index is 0.113.